The molecule has 3 atom stereocenters. The monoisotopic (exact) mass is 291 g/mol. The Morgan fingerprint density at radius 3 is 2.57 bits per heavy atom. The van der Waals surface area contributed by atoms with E-state index >= 15 is 0 Å². The minimum absolute atomic E-state index is 0.0519. The van der Waals surface area contributed by atoms with Crippen molar-refractivity contribution in [1.29, 1.82) is 0 Å². The minimum atomic E-state index is -1.17. The summed E-state index contributed by atoms with van der Waals surface area (Å²) < 4.78 is 0. The third-order valence-electron chi connectivity index (χ3n) is 4.44. The van der Waals surface area contributed by atoms with Gasteiger partial charge in [-0.2, -0.15) is 0 Å². The van der Waals surface area contributed by atoms with Crippen LogP contribution in [0.2, 0.25) is 0 Å². The van der Waals surface area contributed by atoms with E-state index < -0.39 is 5.60 Å². The van der Waals surface area contributed by atoms with Crippen LogP contribution in [0.3, 0.4) is 0 Å². The molecule has 21 heavy (non-hydrogen) atoms. The Labute approximate surface area is 126 Å². The van der Waals surface area contributed by atoms with Gasteiger partial charge in [0.15, 0.2) is 0 Å². The molecular formula is C17H25NO3. The highest BCUT2D eigenvalue weighted by molar-refractivity contribution is 5.77. The topological polar surface area (TPSA) is 60.8 Å². The molecular weight excluding hydrogens is 266 g/mol. The Bertz CT molecular complexity index is 472. The normalized spacial score (nSPS) is 24.6. The molecule has 0 aromatic heterocycles. The van der Waals surface area contributed by atoms with Crippen LogP contribution in [0.1, 0.15) is 38.2 Å². The lowest BCUT2D eigenvalue weighted by Gasteiger charge is -2.28. The lowest BCUT2D eigenvalue weighted by molar-refractivity contribution is -0.135. The van der Waals surface area contributed by atoms with Crippen LogP contribution in [-0.4, -0.2) is 40.7 Å². The van der Waals surface area contributed by atoms with E-state index in [0.29, 0.717) is 6.54 Å². The van der Waals surface area contributed by atoms with Crippen molar-refractivity contribution in [2.24, 2.45) is 5.92 Å². The molecule has 0 aliphatic heterocycles. The van der Waals surface area contributed by atoms with Gasteiger partial charge < -0.3 is 15.1 Å². The molecule has 4 heteroatoms. The summed E-state index contributed by atoms with van der Waals surface area (Å²) in [5.74, 6) is 0.0728. The van der Waals surface area contributed by atoms with Gasteiger partial charge in [-0.3, -0.25) is 4.79 Å². The third kappa shape index (κ3) is 4.05. The molecule has 1 fully saturated rings. The Balaban J connectivity index is 1.94. The van der Waals surface area contributed by atoms with Crippen molar-refractivity contribution in [3.05, 3.63) is 35.9 Å². The molecule has 1 aliphatic rings. The predicted octanol–water partition coefficient (Wildman–Crippen LogP) is 1.90. The van der Waals surface area contributed by atoms with Crippen molar-refractivity contribution in [3.8, 4) is 0 Å². The number of nitrogens with zero attached hydrogens (tertiary/aromatic N) is 1. The molecule has 0 radical (unpaired) electrons. The summed E-state index contributed by atoms with van der Waals surface area (Å²) in [4.78, 5) is 13.9. The quantitative estimate of drug-likeness (QED) is 0.871. The van der Waals surface area contributed by atoms with Crippen molar-refractivity contribution in [3.63, 3.8) is 0 Å². The van der Waals surface area contributed by atoms with E-state index in [-0.39, 0.29) is 24.3 Å². The number of hydrogen-bond donors (Lipinski definition) is 2. The average molecular weight is 291 g/mol. The van der Waals surface area contributed by atoms with E-state index in [0.717, 1.165) is 24.8 Å². The SMILES string of the molecule is CN(CC1CCCC1O)C(=O)CC(C)(O)c1ccccc1. The minimum Gasteiger partial charge on any atom is -0.393 e. The van der Waals surface area contributed by atoms with E-state index in [1.54, 1.807) is 18.9 Å². The molecule has 0 bridgehead atoms. The fraction of sp³-hybridized carbons (Fsp3) is 0.588. The van der Waals surface area contributed by atoms with Crippen LogP contribution in [0.15, 0.2) is 30.3 Å². The second kappa shape index (κ2) is 6.58. The maximum Gasteiger partial charge on any atom is 0.225 e. The molecule has 0 spiro atoms. The molecule has 116 valence electrons. The molecule has 1 aliphatic carbocycles. The molecule has 1 aromatic rings. The smallest absolute Gasteiger partial charge is 0.225 e. The largest absolute Gasteiger partial charge is 0.393 e. The zero-order chi connectivity index (χ0) is 15.5. The first kappa shape index (κ1) is 16.0. The summed E-state index contributed by atoms with van der Waals surface area (Å²) in [5, 5.41) is 20.4. The van der Waals surface area contributed by atoms with Gasteiger partial charge >= 0.3 is 0 Å². The van der Waals surface area contributed by atoms with Gasteiger partial charge in [0.2, 0.25) is 5.91 Å². The van der Waals surface area contributed by atoms with Crippen LogP contribution in [0, 0.1) is 5.92 Å². The Kier molecular flexibility index (Phi) is 5.01. The third-order valence-corrected chi connectivity index (χ3v) is 4.44. The molecule has 2 rings (SSSR count). The number of carbonyl (C=O) groups excluding carboxylic acids is 1. The van der Waals surface area contributed by atoms with Crippen LogP contribution in [-0.2, 0) is 10.4 Å². The van der Waals surface area contributed by atoms with E-state index in [2.05, 4.69) is 0 Å². The fourth-order valence-corrected chi connectivity index (χ4v) is 3.01. The van der Waals surface area contributed by atoms with Gasteiger partial charge in [0.25, 0.3) is 0 Å². The van der Waals surface area contributed by atoms with Crippen LogP contribution in [0.4, 0.5) is 0 Å². The number of rotatable bonds is 5. The molecule has 2 N–H and O–H groups in total. The zero-order valence-electron chi connectivity index (χ0n) is 12.8. The molecule has 1 aromatic carbocycles. The molecule has 0 heterocycles. The van der Waals surface area contributed by atoms with E-state index in [4.69, 9.17) is 0 Å². The lowest BCUT2D eigenvalue weighted by Crippen LogP contribution is -2.38. The number of aliphatic hydroxyl groups is 2. The van der Waals surface area contributed by atoms with Crippen molar-refractivity contribution >= 4 is 5.91 Å². The molecule has 0 saturated heterocycles. The fourth-order valence-electron chi connectivity index (χ4n) is 3.01. The molecule has 4 nitrogen and oxygen atoms in total. The maximum absolute atomic E-state index is 12.3. The Morgan fingerprint density at radius 2 is 2.00 bits per heavy atom. The van der Waals surface area contributed by atoms with Gasteiger partial charge in [-0.25, -0.2) is 0 Å². The van der Waals surface area contributed by atoms with Gasteiger partial charge in [0.1, 0.15) is 0 Å². The second-order valence-electron chi connectivity index (χ2n) is 6.35. The summed E-state index contributed by atoms with van der Waals surface area (Å²) in [7, 11) is 1.74. The summed E-state index contributed by atoms with van der Waals surface area (Å²) >= 11 is 0. The number of benzene rings is 1. The number of carbonyl (C=O) groups is 1. The van der Waals surface area contributed by atoms with Crippen LogP contribution < -0.4 is 0 Å². The Morgan fingerprint density at radius 1 is 1.33 bits per heavy atom. The van der Waals surface area contributed by atoms with E-state index in [1.807, 2.05) is 30.3 Å². The first-order valence-corrected chi connectivity index (χ1v) is 7.60. The average Bonchev–Trinajstić information content (AvgIpc) is 2.85. The second-order valence-corrected chi connectivity index (χ2v) is 6.35. The summed E-state index contributed by atoms with van der Waals surface area (Å²) in [5.41, 5.74) is -0.423. The van der Waals surface area contributed by atoms with Gasteiger partial charge in [-0.05, 0) is 25.3 Å². The molecule has 1 saturated carbocycles. The number of aliphatic hydroxyl groups excluding tert-OH is 1. The number of hydrogen-bond acceptors (Lipinski definition) is 3. The highest BCUT2D eigenvalue weighted by atomic mass is 16.3. The summed E-state index contributed by atoms with van der Waals surface area (Å²) in [6, 6.07) is 9.25. The van der Waals surface area contributed by atoms with Crippen LogP contribution in [0.5, 0.6) is 0 Å². The first-order valence-electron chi connectivity index (χ1n) is 7.60. The van der Waals surface area contributed by atoms with Crippen molar-refractivity contribution < 1.29 is 15.0 Å². The van der Waals surface area contributed by atoms with Crippen molar-refractivity contribution in [2.45, 2.75) is 44.3 Å². The van der Waals surface area contributed by atoms with Crippen molar-refractivity contribution in [1.82, 2.24) is 4.90 Å². The first-order chi connectivity index (χ1) is 9.90. The molecule has 3 unspecified atom stereocenters. The van der Waals surface area contributed by atoms with Gasteiger partial charge in [-0.1, -0.05) is 36.8 Å². The van der Waals surface area contributed by atoms with Gasteiger partial charge in [0.05, 0.1) is 18.1 Å². The van der Waals surface area contributed by atoms with Crippen molar-refractivity contribution in [2.75, 3.05) is 13.6 Å². The maximum atomic E-state index is 12.3. The van der Waals surface area contributed by atoms with E-state index in [1.165, 1.54) is 0 Å². The molecule has 1 amide bonds. The van der Waals surface area contributed by atoms with E-state index in [9.17, 15) is 15.0 Å². The van der Waals surface area contributed by atoms with Gasteiger partial charge in [0, 0.05) is 19.5 Å². The zero-order valence-corrected chi connectivity index (χ0v) is 12.8. The van der Waals surface area contributed by atoms with Crippen LogP contribution >= 0.6 is 0 Å². The van der Waals surface area contributed by atoms with Gasteiger partial charge in [-0.15, -0.1) is 0 Å². The lowest BCUT2D eigenvalue weighted by atomic mass is 9.92. The number of amides is 1. The van der Waals surface area contributed by atoms with Crippen LogP contribution in [0.25, 0.3) is 0 Å². The standard InChI is InChI=1S/C17H25NO3/c1-17(21,14-8-4-3-5-9-14)11-16(20)18(2)12-13-7-6-10-15(13)19/h3-5,8-9,13,15,19,21H,6-7,10-12H2,1-2H3. The Hall–Kier alpha value is -1.39. The highest BCUT2D eigenvalue weighted by Crippen LogP contribution is 2.28. The summed E-state index contributed by atoms with van der Waals surface area (Å²) in [6.45, 7) is 2.23. The summed E-state index contributed by atoms with van der Waals surface area (Å²) in [6.07, 6.45) is 2.57. The highest BCUT2D eigenvalue weighted by Gasteiger charge is 2.31. The predicted molar refractivity (Wildman–Crippen MR) is 81.6 cm³/mol.